The van der Waals surface area contributed by atoms with E-state index >= 15 is 0 Å². The molecule has 1 N–H and O–H groups in total. The fraction of sp³-hybridized carbons (Fsp3) is 0. The Labute approximate surface area is 135 Å². The summed E-state index contributed by atoms with van der Waals surface area (Å²) in [4.78, 5) is 0. The van der Waals surface area contributed by atoms with Crippen LogP contribution in [0.1, 0.15) is 5.56 Å². The summed E-state index contributed by atoms with van der Waals surface area (Å²) in [5.74, 6) is 0. The summed E-state index contributed by atoms with van der Waals surface area (Å²) in [6.07, 6.45) is 1.85. The van der Waals surface area contributed by atoms with Crippen molar-refractivity contribution in [2.45, 2.75) is 0 Å². The van der Waals surface area contributed by atoms with Gasteiger partial charge in [0.15, 0.2) is 0 Å². The van der Waals surface area contributed by atoms with E-state index in [0.29, 0.717) is 0 Å². The van der Waals surface area contributed by atoms with E-state index in [-0.39, 0.29) is 0 Å². The molecule has 0 saturated heterocycles. The highest BCUT2D eigenvalue weighted by Crippen LogP contribution is 2.19. The number of nitrogens with zero attached hydrogens (tertiary/aromatic N) is 1. The number of fused-ring (bicyclic) bond motifs is 2. The smallest absolute Gasteiger partial charge is 0.0568 e. The van der Waals surface area contributed by atoms with Crippen molar-refractivity contribution in [3.05, 3.63) is 90.5 Å². The Kier molecular flexibility index (Phi) is 3.49. The van der Waals surface area contributed by atoms with Gasteiger partial charge in [-0.2, -0.15) is 5.10 Å². The van der Waals surface area contributed by atoms with Gasteiger partial charge < -0.3 is 0 Å². The minimum Gasteiger partial charge on any atom is -0.278 e. The van der Waals surface area contributed by atoms with Gasteiger partial charge in [-0.15, -0.1) is 0 Å². The van der Waals surface area contributed by atoms with Crippen molar-refractivity contribution in [2.75, 3.05) is 5.43 Å². The number of benzene rings is 4. The van der Waals surface area contributed by atoms with Crippen LogP contribution in [0.4, 0.5) is 5.69 Å². The van der Waals surface area contributed by atoms with Crippen molar-refractivity contribution >= 4 is 33.4 Å². The number of anilines is 1. The SMILES string of the molecule is C(=NNc1ccc2ccccc2c1)c1ccc2ccccc2c1. The van der Waals surface area contributed by atoms with E-state index < -0.39 is 0 Å². The van der Waals surface area contributed by atoms with Crippen LogP contribution in [0, 0.1) is 0 Å². The zero-order valence-electron chi connectivity index (χ0n) is 12.6. The van der Waals surface area contributed by atoms with E-state index in [4.69, 9.17) is 0 Å². The van der Waals surface area contributed by atoms with Gasteiger partial charge in [0.2, 0.25) is 0 Å². The normalized spacial score (nSPS) is 11.3. The van der Waals surface area contributed by atoms with Crippen molar-refractivity contribution in [3.8, 4) is 0 Å². The van der Waals surface area contributed by atoms with Gasteiger partial charge in [0.1, 0.15) is 0 Å². The van der Waals surface area contributed by atoms with Gasteiger partial charge in [-0.1, -0.05) is 66.7 Å². The first-order valence-electron chi connectivity index (χ1n) is 7.65. The Morgan fingerprint density at radius 1 is 0.609 bits per heavy atom. The predicted octanol–water partition coefficient (Wildman–Crippen LogP) is 5.44. The van der Waals surface area contributed by atoms with Gasteiger partial charge in [-0.05, 0) is 45.3 Å². The van der Waals surface area contributed by atoms with Crippen LogP contribution in [0.25, 0.3) is 21.5 Å². The maximum absolute atomic E-state index is 4.35. The molecule has 0 aliphatic carbocycles. The van der Waals surface area contributed by atoms with E-state index in [1.165, 1.54) is 21.5 Å². The molecule has 110 valence electrons. The molecule has 0 unspecified atom stereocenters. The van der Waals surface area contributed by atoms with Gasteiger partial charge in [-0.3, -0.25) is 5.43 Å². The third-order valence-electron chi connectivity index (χ3n) is 3.93. The Morgan fingerprint density at radius 2 is 1.22 bits per heavy atom. The standard InChI is InChI=1S/C21H16N2/c1-3-7-19-13-16(9-10-17(19)5-1)15-22-23-21-12-11-18-6-2-4-8-20(18)14-21/h1-15,23H. The summed E-state index contributed by atoms with van der Waals surface area (Å²) < 4.78 is 0. The second-order valence-corrected chi connectivity index (χ2v) is 5.54. The first kappa shape index (κ1) is 13.5. The first-order chi connectivity index (χ1) is 11.4. The van der Waals surface area contributed by atoms with Gasteiger partial charge >= 0.3 is 0 Å². The Balaban J connectivity index is 1.55. The van der Waals surface area contributed by atoms with Crippen LogP contribution in [-0.2, 0) is 0 Å². The first-order valence-corrected chi connectivity index (χ1v) is 7.65. The molecule has 0 fully saturated rings. The fourth-order valence-corrected chi connectivity index (χ4v) is 2.73. The lowest BCUT2D eigenvalue weighted by molar-refractivity contribution is 1.36. The molecule has 4 rings (SSSR count). The Bertz CT molecular complexity index is 1000. The second kappa shape index (κ2) is 5.93. The van der Waals surface area contributed by atoms with Gasteiger partial charge in [0, 0.05) is 0 Å². The molecule has 0 bridgehead atoms. The molecule has 23 heavy (non-hydrogen) atoms. The summed E-state index contributed by atoms with van der Waals surface area (Å²) in [5, 5.41) is 9.26. The number of hydrogen-bond donors (Lipinski definition) is 1. The van der Waals surface area contributed by atoms with Crippen LogP contribution in [0.2, 0.25) is 0 Å². The quantitative estimate of drug-likeness (QED) is 0.395. The van der Waals surface area contributed by atoms with Gasteiger partial charge in [0.05, 0.1) is 11.9 Å². The van der Waals surface area contributed by atoms with Crippen molar-refractivity contribution in [2.24, 2.45) is 5.10 Å². The molecule has 0 aliphatic rings. The van der Waals surface area contributed by atoms with E-state index in [2.05, 4.69) is 77.3 Å². The molecule has 0 saturated carbocycles. The Morgan fingerprint density at radius 3 is 1.96 bits per heavy atom. The summed E-state index contributed by atoms with van der Waals surface area (Å²) in [6.45, 7) is 0. The zero-order chi connectivity index (χ0) is 15.5. The minimum absolute atomic E-state index is 0.987. The average Bonchev–Trinajstić information content (AvgIpc) is 2.61. The van der Waals surface area contributed by atoms with Crippen molar-refractivity contribution in [1.82, 2.24) is 0 Å². The highest BCUT2D eigenvalue weighted by atomic mass is 15.3. The number of nitrogens with one attached hydrogen (secondary N) is 1. The molecule has 0 amide bonds. The van der Waals surface area contributed by atoms with Crippen LogP contribution in [0.5, 0.6) is 0 Å². The highest BCUT2D eigenvalue weighted by molar-refractivity contribution is 5.91. The molecule has 0 radical (unpaired) electrons. The lowest BCUT2D eigenvalue weighted by atomic mass is 10.1. The molecule has 2 nitrogen and oxygen atoms in total. The largest absolute Gasteiger partial charge is 0.278 e. The van der Waals surface area contributed by atoms with Crippen molar-refractivity contribution in [3.63, 3.8) is 0 Å². The van der Waals surface area contributed by atoms with Crippen molar-refractivity contribution < 1.29 is 0 Å². The van der Waals surface area contributed by atoms with E-state index in [1.807, 2.05) is 24.4 Å². The second-order valence-electron chi connectivity index (χ2n) is 5.54. The lowest BCUT2D eigenvalue weighted by Gasteiger charge is -2.03. The summed E-state index contributed by atoms with van der Waals surface area (Å²) in [6, 6.07) is 29.2. The molecule has 0 atom stereocenters. The third kappa shape index (κ3) is 2.92. The number of hydrazone groups is 1. The van der Waals surface area contributed by atoms with Crippen LogP contribution in [0.3, 0.4) is 0 Å². The predicted molar refractivity (Wildman–Crippen MR) is 99.1 cm³/mol. The van der Waals surface area contributed by atoms with Gasteiger partial charge in [-0.25, -0.2) is 0 Å². The topological polar surface area (TPSA) is 24.4 Å². The molecule has 4 aromatic rings. The van der Waals surface area contributed by atoms with Crippen molar-refractivity contribution in [1.29, 1.82) is 0 Å². The molecule has 4 aromatic carbocycles. The molecule has 0 heterocycles. The van der Waals surface area contributed by atoms with Crippen LogP contribution >= 0.6 is 0 Å². The number of hydrogen-bond acceptors (Lipinski definition) is 2. The summed E-state index contributed by atoms with van der Waals surface area (Å²) in [7, 11) is 0. The molecule has 0 aliphatic heterocycles. The fourth-order valence-electron chi connectivity index (χ4n) is 2.73. The summed E-state index contributed by atoms with van der Waals surface area (Å²) in [5.41, 5.74) is 5.17. The van der Waals surface area contributed by atoms with Crippen LogP contribution in [0.15, 0.2) is 90.0 Å². The van der Waals surface area contributed by atoms with E-state index in [1.54, 1.807) is 0 Å². The molecular weight excluding hydrogens is 280 g/mol. The van der Waals surface area contributed by atoms with Crippen LogP contribution in [-0.4, -0.2) is 6.21 Å². The average molecular weight is 296 g/mol. The van der Waals surface area contributed by atoms with Crippen LogP contribution < -0.4 is 5.43 Å². The zero-order valence-corrected chi connectivity index (χ0v) is 12.6. The van der Waals surface area contributed by atoms with E-state index in [9.17, 15) is 0 Å². The highest BCUT2D eigenvalue weighted by Gasteiger charge is 1.95. The van der Waals surface area contributed by atoms with Gasteiger partial charge in [0.25, 0.3) is 0 Å². The Hall–Kier alpha value is -3.13. The number of rotatable bonds is 3. The maximum Gasteiger partial charge on any atom is 0.0568 e. The lowest BCUT2D eigenvalue weighted by Crippen LogP contribution is -1.90. The molecular formula is C21H16N2. The third-order valence-corrected chi connectivity index (χ3v) is 3.93. The summed E-state index contributed by atoms with van der Waals surface area (Å²) >= 11 is 0. The molecule has 0 spiro atoms. The molecule has 0 aromatic heterocycles. The minimum atomic E-state index is 0.987. The van der Waals surface area contributed by atoms with E-state index in [0.717, 1.165) is 11.3 Å². The monoisotopic (exact) mass is 296 g/mol. The maximum atomic E-state index is 4.35. The molecule has 2 heteroatoms.